The number of carboxylic acids is 1. The van der Waals surface area contributed by atoms with Gasteiger partial charge in [-0.3, -0.25) is 9.69 Å². The molecule has 1 aliphatic rings. The number of likely N-dealkylation sites (tertiary alicyclic amines) is 1. The summed E-state index contributed by atoms with van der Waals surface area (Å²) in [6, 6.07) is 24.4. The van der Waals surface area contributed by atoms with Gasteiger partial charge in [0.1, 0.15) is 18.2 Å². The highest BCUT2D eigenvalue weighted by molar-refractivity contribution is 5.70. The Morgan fingerprint density at radius 1 is 0.968 bits per heavy atom. The van der Waals surface area contributed by atoms with Gasteiger partial charge in [-0.2, -0.15) is 0 Å². The molecule has 5 heteroatoms. The molecule has 1 saturated heterocycles. The molecule has 1 fully saturated rings. The molecular formula is C26H26FNO3. The van der Waals surface area contributed by atoms with Crippen LogP contribution in [0.1, 0.15) is 35.6 Å². The third-order valence-corrected chi connectivity index (χ3v) is 5.85. The van der Waals surface area contributed by atoms with E-state index in [0.29, 0.717) is 32.5 Å². The number of carboxylic acid groups (broad SMARTS) is 1. The lowest BCUT2D eigenvalue weighted by Gasteiger charge is -2.37. The van der Waals surface area contributed by atoms with Crippen LogP contribution in [0.2, 0.25) is 0 Å². The van der Waals surface area contributed by atoms with E-state index in [1.165, 1.54) is 6.07 Å². The van der Waals surface area contributed by atoms with Crippen LogP contribution in [0.3, 0.4) is 0 Å². The average molecular weight is 419 g/mol. The van der Waals surface area contributed by atoms with E-state index >= 15 is 0 Å². The van der Waals surface area contributed by atoms with Gasteiger partial charge in [0.05, 0.1) is 12.0 Å². The van der Waals surface area contributed by atoms with Crippen molar-refractivity contribution in [2.75, 3.05) is 13.1 Å². The second kappa shape index (κ2) is 9.75. The smallest absolute Gasteiger partial charge is 0.306 e. The maximum atomic E-state index is 14.0. The van der Waals surface area contributed by atoms with E-state index in [0.717, 1.165) is 22.4 Å². The van der Waals surface area contributed by atoms with Gasteiger partial charge < -0.3 is 9.84 Å². The molecule has 1 atom stereocenters. The molecule has 0 saturated carbocycles. The van der Waals surface area contributed by atoms with Crippen LogP contribution < -0.4 is 4.74 Å². The van der Waals surface area contributed by atoms with Gasteiger partial charge in [0.2, 0.25) is 0 Å². The quantitative estimate of drug-likeness (QED) is 0.565. The third-order valence-electron chi connectivity index (χ3n) is 5.85. The van der Waals surface area contributed by atoms with Gasteiger partial charge in [0.25, 0.3) is 0 Å². The first-order valence-electron chi connectivity index (χ1n) is 10.6. The minimum Gasteiger partial charge on any atom is -0.489 e. The highest BCUT2D eigenvalue weighted by Gasteiger charge is 2.30. The maximum absolute atomic E-state index is 14.0. The minimum atomic E-state index is -0.734. The predicted molar refractivity (Wildman–Crippen MR) is 117 cm³/mol. The molecule has 160 valence electrons. The number of halogens is 1. The molecule has 0 radical (unpaired) electrons. The average Bonchev–Trinajstić information content (AvgIpc) is 2.80. The van der Waals surface area contributed by atoms with Gasteiger partial charge in [0, 0.05) is 0 Å². The summed E-state index contributed by atoms with van der Waals surface area (Å²) in [4.78, 5) is 13.6. The Morgan fingerprint density at radius 2 is 1.68 bits per heavy atom. The molecule has 3 aromatic rings. The first-order valence-corrected chi connectivity index (χ1v) is 10.6. The van der Waals surface area contributed by atoms with E-state index in [9.17, 15) is 14.3 Å². The molecule has 0 bridgehead atoms. The van der Waals surface area contributed by atoms with Crippen molar-refractivity contribution in [3.8, 4) is 5.75 Å². The fourth-order valence-corrected chi connectivity index (χ4v) is 4.18. The van der Waals surface area contributed by atoms with Crippen LogP contribution in [0.5, 0.6) is 5.75 Å². The second-order valence-corrected chi connectivity index (χ2v) is 7.95. The van der Waals surface area contributed by atoms with Gasteiger partial charge >= 0.3 is 5.97 Å². The fraction of sp³-hybridized carbons (Fsp3) is 0.269. The summed E-state index contributed by atoms with van der Waals surface area (Å²) in [5.41, 5.74) is 3.00. The molecule has 4 nitrogen and oxygen atoms in total. The first-order chi connectivity index (χ1) is 15.1. The van der Waals surface area contributed by atoms with Gasteiger partial charge in [-0.05, 0) is 66.9 Å². The van der Waals surface area contributed by atoms with Crippen molar-refractivity contribution in [3.63, 3.8) is 0 Å². The van der Waals surface area contributed by atoms with Crippen molar-refractivity contribution >= 4 is 5.97 Å². The van der Waals surface area contributed by atoms with E-state index in [-0.39, 0.29) is 17.8 Å². The number of rotatable bonds is 7. The lowest BCUT2D eigenvalue weighted by molar-refractivity contribution is -0.143. The molecule has 1 aliphatic heterocycles. The summed E-state index contributed by atoms with van der Waals surface area (Å²) < 4.78 is 19.9. The zero-order valence-corrected chi connectivity index (χ0v) is 17.3. The second-order valence-electron chi connectivity index (χ2n) is 7.95. The van der Waals surface area contributed by atoms with E-state index in [2.05, 4.69) is 4.90 Å². The number of hydrogen-bond acceptors (Lipinski definition) is 3. The standard InChI is InChI=1S/C26H26FNO3/c27-23-8-4-7-22(17-23)25(28-15-13-21(14-16-28)26(29)30)20-9-11-24(12-10-20)31-18-19-5-2-1-3-6-19/h1-12,17,21,25H,13-16,18H2,(H,29,30). The van der Waals surface area contributed by atoms with Crippen LogP contribution in [0.25, 0.3) is 0 Å². The summed E-state index contributed by atoms with van der Waals surface area (Å²) in [7, 11) is 0. The van der Waals surface area contributed by atoms with E-state index in [1.807, 2.05) is 60.7 Å². The minimum absolute atomic E-state index is 0.131. The first kappa shape index (κ1) is 21.1. The molecule has 0 aliphatic carbocycles. The molecule has 4 rings (SSSR count). The van der Waals surface area contributed by atoms with Gasteiger partial charge in [0.15, 0.2) is 0 Å². The Morgan fingerprint density at radius 3 is 2.32 bits per heavy atom. The predicted octanol–water partition coefficient (Wildman–Crippen LogP) is 5.29. The van der Waals surface area contributed by atoms with Crippen LogP contribution in [0, 0.1) is 11.7 Å². The molecular weight excluding hydrogens is 393 g/mol. The normalized spacial score (nSPS) is 16.0. The molecule has 1 unspecified atom stereocenters. The molecule has 0 spiro atoms. The molecule has 31 heavy (non-hydrogen) atoms. The molecule has 0 aromatic heterocycles. The SMILES string of the molecule is O=C(O)C1CCN(C(c2ccc(OCc3ccccc3)cc2)c2cccc(F)c2)CC1. The lowest BCUT2D eigenvalue weighted by Crippen LogP contribution is -2.39. The summed E-state index contributed by atoms with van der Waals surface area (Å²) in [6.07, 6.45) is 1.19. The molecule has 0 amide bonds. The van der Waals surface area contributed by atoms with Crippen LogP contribution in [0.15, 0.2) is 78.9 Å². The topological polar surface area (TPSA) is 49.8 Å². The van der Waals surface area contributed by atoms with Crippen molar-refractivity contribution in [1.29, 1.82) is 0 Å². The van der Waals surface area contributed by atoms with Crippen LogP contribution >= 0.6 is 0 Å². The summed E-state index contributed by atoms with van der Waals surface area (Å²) in [6.45, 7) is 1.81. The molecule has 1 N–H and O–H groups in total. The van der Waals surface area contributed by atoms with E-state index in [1.54, 1.807) is 12.1 Å². The van der Waals surface area contributed by atoms with Crippen LogP contribution in [-0.4, -0.2) is 29.1 Å². The van der Waals surface area contributed by atoms with E-state index in [4.69, 9.17) is 4.74 Å². The van der Waals surface area contributed by atoms with Gasteiger partial charge in [-0.15, -0.1) is 0 Å². The number of carbonyl (C=O) groups is 1. The van der Waals surface area contributed by atoms with Crippen molar-refractivity contribution in [2.24, 2.45) is 5.92 Å². The third kappa shape index (κ3) is 5.30. The number of hydrogen-bond donors (Lipinski definition) is 1. The highest BCUT2D eigenvalue weighted by atomic mass is 19.1. The Hall–Kier alpha value is -3.18. The lowest BCUT2D eigenvalue weighted by atomic mass is 9.91. The van der Waals surface area contributed by atoms with Crippen molar-refractivity contribution in [3.05, 3.63) is 101 Å². The summed E-state index contributed by atoms with van der Waals surface area (Å²) in [5.74, 6) is -0.541. The summed E-state index contributed by atoms with van der Waals surface area (Å²) in [5, 5.41) is 9.31. The Kier molecular flexibility index (Phi) is 6.63. The Bertz CT molecular complexity index is 999. The highest BCUT2D eigenvalue weighted by Crippen LogP contribution is 2.33. The monoisotopic (exact) mass is 419 g/mol. The van der Waals surface area contributed by atoms with Crippen molar-refractivity contribution in [1.82, 2.24) is 4.90 Å². The fourth-order valence-electron chi connectivity index (χ4n) is 4.18. The van der Waals surface area contributed by atoms with Gasteiger partial charge in [-0.25, -0.2) is 4.39 Å². The number of piperidine rings is 1. The van der Waals surface area contributed by atoms with Crippen molar-refractivity contribution in [2.45, 2.75) is 25.5 Å². The summed E-state index contributed by atoms with van der Waals surface area (Å²) >= 11 is 0. The van der Waals surface area contributed by atoms with Crippen molar-refractivity contribution < 1.29 is 19.0 Å². The Balaban J connectivity index is 1.53. The number of nitrogens with zero attached hydrogens (tertiary/aromatic N) is 1. The van der Waals surface area contributed by atoms with Crippen LogP contribution in [0.4, 0.5) is 4.39 Å². The molecule has 1 heterocycles. The number of aliphatic carboxylic acids is 1. The number of ether oxygens (including phenoxy) is 1. The Labute approximate surface area is 181 Å². The zero-order valence-electron chi connectivity index (χ0n) is 17.3. The maximum Gasteiger partial charge on any atom is 0.306 e. The largest absolute Gasteiger partial charge is 0.489 e. The van der Waals surface area contributed by atoms with E-state index < -0.39 is 5.97 Å². The zero-order chi connectivity index (χ0) is 21.6. The van der Waals surface area contributed by atoms with Crippen LogP contribution in [-0.2, 0) is 11.4 Å². The van der Waals surface area contributed by atoms with Gasteiger partial charge in [-0.1, -0.05) is 54.6 Å². The number of benzene rings is 3. The molecule has 3 aromatic carbocycles.